The Balaban J connectivity index is 1.19. The first-order valence-corrected chi connectivity index (χ1v) is 12.1. The first-order chi connectivity index (χ1) is 17.4. The van der Waals surface area contributed by atoms with Gasteiger partial charge in [0, 0.05) is 23.9 Å². The van der Waals surface area contributed by atoms with Gasteiger partial charge in [-0.25, -0.2) is 14.8 Å². The van der Waals surface area contributed by atoms with Crippen LogP contribution < -0.4 is 11.0 Å². The molecule has 3 aromatic heterocycles. The van der Waals surface area contributed by atoms with E-state index in [1.807, 2.05) is 25.3 Å². The number of hydrogen-bond acceptors (Lipinski definition) is 7. The molecule has 36 heavy (non-hydrogen) atoms. The topological polar surface area (TPSA) is 121 Å². The van der Waals surface area contributed by atoms with Crippen molar-refractivity contribution in [3.05, 3.63) is 69.1 Å². The van der Waals surface area contributed by atoms with Gasteiger partial charge in [-0.2, -0.15) is 4.39 Å². The van der Waals surface area contributed by atoms with Crippen LogP contribution in [0.1, 0.15) is 52.9 Å². The molecular formula is C25H27FN6O4. The van der Waals surface area contributed by atoms with E-state index in [4.69, 9.17) is 4.74 Å². The third-order valence-corrected chi connectivity index (χ3v) is 6.75. The minimum Gasteiger partial charge on any atom is -0.446 e. The van der Waals surface area contributed by atoms with Crippen LogP contribution in [0.5, 0.6) is 0 Å². The Hall–Kier alpha value is -3.86. The van der Waals surface area contributed by atoms with E-state index in [-0.39, 0.29) is 30.3 Å². The first kappa shape index (κ1) is 23.9. The molecule has 11 heteroatoms. The molecule has 10 nitrogen and oxygen atoms in total. The van der Waals surface area contributed by atoms with E-state index in [0.717, 1.165) is 53.1 Å². The smallest absolute Gasteiger partial charge is 0.428 e. The van der Waals surface area contributed by atoms with Crippen molar-refractivity contribution in [3.8, 4) is 0 Å². The number of ether oxygens (including phenoxy) is 1. The van der Waals surface area contributed by atoms with Gasteiger partial charge in [-0.1, -0.05) is 13.0 Å². The number of pyridine rings is 3. The van der Waals surface area contributed by atoms with E-state index in [2.05, 4.69) is 25.3 Å². The molecule has 5 rings (SSSR count). The summed E-state index contributed by atoms with van der Waals surface area (Å²) >= 11 is 0. The Morgan fingerprint density at radius 2 is 2.03 bits per heavy atom. The van der Waals surface area contributed by atoms with Crippen LogP contribution in [0.25, 0.3) is 11.0 Å². The van der Waals surface area contributed by atoms with E-state index in [1.54, 1.807) is 6.07 Å². The van der Waals surface area contributed by atoms with Crippen molar-refractivity contribution in [2.75, 3.05) is 26.2 Å². The lowest BCUT2D eigenvalue weighted by atomic mass is 9.90. The van der Waals surface area contributed by atoms with Gasteiger partial charge in [0.1, 0.15) is 12.3 Å². The van der Waals surface area contributed by atoms with Crippen LogP contribution in [-0.4, -0.2) is 63.1 Å². The number of nitrogens with one attached hydrogen (secondary N) is 2. The molecule has 3 aromatic rings. The number of cyclic esters (lactones) is 1. The third-order valence-electron chi connectivity index (χ3n) is 6.75. The van der Waals surface area contributed by atoms with E-state index >= 15 is 0 Å². The number of piperidine rings is 1. The predicted molar refractivity (Wildman–Crippen MR) is 129 cm³/mol. The van der Waals surface area contributed by atoms with E-state index in [0.29, 0.717) is 18.5 Å². The molecule has 0 saturated carbocycles. The number of fused-ring (bicyclic) bond motifs is 1. The number of likely N-dealkylation sites (tertiary alicyclic amines) is 1. The van der Waals surface area contributed by atoms with Crippen molar-refractivity contribution >= 4 is 23.0 Å². The summed E-state index contributed by atoms with van der Waals surface area (Å²) in [7, 11) is 0. The monoisotopic (exact) mass is 494 g/mol. The highest BCUT2D eigenvalue weighted by Crippen LogP contribution is 2.30. The predicted octanol–water partition coefficient (Wildman–Crippen LogP) is 2.50. The third kappa shape index (κ3) is 4.92. The Morgan fingerprint density at radius 1 is 1.22 bits per heavy atom. The summed E-state index contributed by atoms with van der Waals surface area (Å²) in [6.45, 7) is 4.59. The number of halogens is 1. The van der Waals surface area contributed by atoms with Crippen LogP contribution >= 0.6 is 0 Å². The molecule has 2 fully saturated rings. The molecule has 2 N–H and O–H groups in total. The van der Waals surface area contributed by atoms with Crippen LogP contribution in [0.15, 0.2) is 35.3 Å². The van der Waals surface area contributed by atoms with Crippen LogP contribution in [0.3, 0.4) is 0 Å². The zero-order valence-corrected chi connectivity index (χ0v) is 19.9. The summed E-state index contributed by atoms with van der Waals surface area (Å²) < 4.78 is 19.6. The van der Waals surface area contributed by atoms with Crippen molar-refractivity contribution in [1.82, 2.24) is 30.3 Å². The molecule has 0 radical (unpaired) electrons. The van der Waals surface area contributed by atoms with Crippen molar-refractivity contribution < 1.29 is 18.7 Å². The van der Waals surface area contributed by atoms with Gasteiger partial charge < -0.3 is 9.72 Å². The van der Waals surface area contributed by atoms with Crippen LogP contribution in [0.2, 0.25) is 0 Å². The second-order valence-corrected chi connectivity index (χ2v) is 9.09. The van der Waals surface area contributed by atoms with Gasteiger partial charge in [0.25, 0.3) is 11.5 Å². The van der Waals surface area contributed by atoms with Crippen molar-refractivity contribution in [1.29, 1.82) is 0 Å². The molecule has 0 spiro atoms. The maximum atomic E-state index is 14.8. The standard InChI is InChI=1S/C25H27FN6O4/c1-2-16-12-20-21(29-23(16)33)11-15(13-27-20)14-31-7-5-17(6-8-31)18-3-4-19(28-22(18)26)24(34)30-32-9-10-36-25(32)35/h3-4,11-13,17H,2,5-10,14H2,1H3,(H,29,33)(H,30,34). The van der Waals surface area contributed by atoms with Gasteiger partial charge in [-0.05, 0) is 62.0 Å². The lowest BCUT2D eigenvalue weighted by Gasteiger charge is -2.32. The number of hydrazine groups is 1. The number of aromatic amines is 1. The number of H-pyrrole nitrogens is 1. The van der Waals surface area contributed by atoms with Gasteiger partial charge in [-0.15, -0.1) is 0 Å². The van der Waals surface area contributed by atoms with E-state index in [9.17, 15) is 18.8 Å². The lowest BCUT2D eigenvalue weighted by Crippen LogP contribution is -2.43. The fraction of sp³-hybridized carbons (Fsp3) is 0.400. The van der Waals surface area contributed by atoms with Crippen LogP contribution in [0.4, 0.5) is 9.18 Å². The normalized spacial score (nSPS) is 16.9. The molecule has 0 atom stereocenters. The molecular weight excluding hydrogens is 467 g/mol. The number of hydrogen-bond donors (Lipinski definition) is 2. The van der Waals surface area contributed by atoms with Crippen LogP contribution in [0, 0.1) is 5.95 Å². The van der Waals surface area contributed by atoms with Crippen LogP contribution in [-0.2, 0) is 17.7 Å². The summed E-state index contributed by atoms with van der Waals surface area (Å²) in [6, 6.07) is 6.88. The number of amides is 2. The fourth-order valence-corrected chi connectivity index (χ4v) is 4.73. The number of carbonyl (C=O) groups excluding carboxylic acids is 2. The number of carbonyl (C=O) groups is 2. The highest BCUT2D eigenvalue weighted by atomic mass is 19.1. The summed E-state index contributed by atoms with van der Waals surface area (Å²) in [6.07, 6.45) is 3.35. The van der Waals surface area contributed by atoms with Crippen molar-refractivity contribution in [2.24, 2.45) is 0 Å². The minimum absolute atomic E-state index is 0.00188. The Labute approximate surface area is 206 Å². The van der Waals surface area contributed by atoms with Crippen molar-refractivity contribution in [2.45, 2.75) is 38.6 Å². The van der Waals surface area contributed by atoms with Gasteiger partial charge in [0.2, 0.25) is 5.95 Å². The highest BCUT2D eigenvalue weighted by Gasteiger charge is 2.27. The SMILES string of the molecule is CCc1cc2ncc(CN3CCC(c4ccc(C(=O)NN5CCOC5=O)nc4F)CC3)cc2[nH]c1=O. The summed E-state index contributed by atoms with van der Waals surface area (Å²) in [4.78, 5) is 49.5. The average Bonchev–Trinajstić information content (AvgIpc) is 3.28. The Kier molecular flexibility index (Phi) is 6.64. The maximum Gasteiger partial charge on any atom is 0.428 e. The summed E-state index contributed by atoms with van der Waals surface area (Å²) in [5.74, 6) is -1.33. The van der Waals surface area contributed by atoms with Gasteiger partial charge >= 0.3 is 6.09 Å². The second kappa shape index (κ2) is 10.0. The average molecular weight is 495 g/mol. The number of aromatic nitrogens is 3. The van der Waals surface area contributed by atoms with E-state index in [1.165, 1.54) is 6.07 Å². The zero-order valence-electron chi connectivity index (χ0n) is 19.9. The minimum atomic E-state index is -0.667. The molecule has 188 valence electrons. The fourth-order valence-electron chi connectivity index (χ4n) is 4.73. The first-order valence-electron chi connectivity index (χ1n) is 12.1. The molecule has 2 amide bonds. The van der Waals surface area contributed by atoms with Gasteiger partial charge in [-0.3, -0.25) is 24.9 Å². The highest BCUT2D eigenvalue weighted by molar-refractivity contribution is 5.93. The molecule has 0 unspecified atom stereocenters. The van der Waals surface area contributed by atoms with Gasteiger partial charge in [0.05, 0.1) is 17.6 Å². The molecule has 2 aliphatic heterocycles. The Bertz CT molecular complexity index is 1370. The quantitative estimate of drug-likeness (QED) is 0.505. The summed E-state index contributed by atoms with van der Waals surface area (Å²) in [5, 5.41) is 1.04. The molecule has 0 aromatic carbocycles. The number of nitrogens with zero attached hydrogens (tertiary/aromatic N) is 4. The van der Waals surface area contributed by atoms with Crippen molar-refractivity contribution in [3.63, 3.8) is 0 Å². The molecule has 2 saturated heterocycles. The Morgan fingerprint density at radius 3 is 2.72 bits per heavy atom. The van der Waals surface area contributed by atoms with Gasteiger partial charge in [0.15, 0.2) is 0 Å². The largest absolute Gasteiger partial charge is 0.446 e. The summed E-state index contributed by atoms with van der Waals surface area (Å²) in [5.41, 5.74) is 5.91. The zero-order chi connectivity index (χ0) is 25.2. The van der Waals surface area contributed by atoms with E-state index < -0.39 is 17.9 Å². The molecule has 0 aliphatic carbocycles. The number of aryl methyl sites for hydroxylation is 1. The second-order valence-electron chi connectivity index (χ2n) is 9.09. The maximum absolute atomic E-state index is 14.8. The molecule has 0 bridgehead atoms. The lowest BCUT2D eigenvalue weighted by molar-refractivity contribution is 0.0825. The molecule has 2 aliphatic rings. The number of rotatable bonds is 6. The molecule has 5 heterocycles.